The predicted molar refractivity (Wildman–Crippen MR) is 50.6 cm³/mol. The maximum absolute atomic E-state index is 10.9. The van der Waals surface area contributed by atoms with Crippen LogP contribution < -0.4 is 0 Å². The maximum atomic E-state index is 10.9. The van der Waals surface area contributed by atoms with Crippen LogP contribution in [0.5, 0.6) is 0 Å². The summed E-state index contributed by atoms with van der Waals surface area (Å²) < 4.78 is 11.9. The van der Waals surface area contributed by atoms with E-state index in [4.69, 9.17) is 0 Å². The molecule has 0 aliphatic heterocycles. The van der Waals surface area contributed by atoms with Crippen molar-refractivity contribution in [3.8, 4) is 0 Å². The monoisotopic (exact) mass is 178 g/mol. The Kier molecular flexibility index (Phi) is 6.13. The smallest absolute Gasteiger partial charge is 0.0670 e. The molecular weight excluding hydrogens is 164 g/mol. The van der Waals surface area contributed by atoms with E-state index in [1.54, 1.807) is 18.0 Å². The van der Waals surface area contributed by atoms with Gasteiger partial charge in [0.1, 0.15) is 0 Å². The van der Waals surface area contributed by atoms with Gasteiger partial charge in [0.05, 0.1) is 15.0 Å². The fourth-order valence-electron chi connectivity index (χ4n) is 0.580. The Morgan fingerprint density at radius 1 is 1.70 bits per heavy atom. The number of unbranched alkanes of at least 4 members (excludes halogenated alkanes) is 1. The molecule has 0 aromatic rings. The zero-order valence-corrected chi connectivity index (χ0v) is 8.35. The van der Waals surface area contributed by atoms with Crippen LogP contribution in [0.4, 0.5) is 0 Å². The molecule has 0 saturated carbocycles. The summed E-state index contributed by atoms with van der Waals surface area (Å²) in [4.78, 5) is 0. The third-order valence-corrected chi connectivity index (χ3v) is 3.59. The highest BCUT2D eigenvalue weighted by atomic mass is 32.2. The van der Waals surface area contributed by atoms with E-state index in [0.29, 0.717) is 0 Å². The zero-order valence-electron chi connectivity index (χ0n) is 6.72. The van der Waals surface area contributed by atoms with Crippen LogP contribution in [0, 0.1) is 0 Å². The van der Waals surface area contributed by atoms with Crippen molar-refractivity contribution >= 4 is 22.6 Å². The molecule has 0 aromatic carbocycles. The Hall–Kier alpha value is 0.240. The lowest BCUT2D eigenvalue weighted by molar-refractivity contribution is 0.691. The van der Waals surface area contributed by atoms with Crippen LogP contribution in [0.1, 0.15) is 19.8 Å². The van der Waals surface area contributed by atoms with Gasteiger partial charge >= 0.3 is 0 Å². The van der Waals surface area contributed by atoms with Crippen LogP contribution in [0.3, 0.4) is 0 Å². The van der Waals surface area contributed by atoms with Crippen molar-refractivity contribution in [2.45, 2.75) is 19.8 Å². The van der Waals surface area contributed by atoms with Crippen molar-refractivity contribution in [2.75, 3.05) is 12.5 Å². The van der Waals surface area contributed by atoms with Crippen molar-refractivity contribution < 1.29 is 4.21 Å². The van der Waals surface area contributed by atoms with Gasteiger partial charge in [-0.3, -0.25) is 4.21 Å². The van der Waals surface area contributed by atoms with Crippen LogP contribution in [0.15, 0.2) is 10.3 Å². The summed E-state index contributed by atoms with van der Waals surface area (Å²) in [5.74, 6) is 0. The molecule has 0 N–H and O–H groups in total. The normalized spacial score (nSPS) is 15.3. The predicted octanol–water partition coefficient (Wildman–Crippen LogP) is 2.37. The number of allylic oxidation sites excluding steroid dienone is 1. The molecule has 0 unspecified atom stereocenters. The second kappa shape index (κ2) is 5.98. The molecule has 3 heteroatoms. The van der Waals surface area contributed by atoms with Crippen LogP contribution in [-0.4, -0.2) is 16.7 Å². The summed E-state index contributed by atoms with van der Waals surface area (Å²) in [6.07, 6.45) is 7.90. The zero-order chi connectivity index (χ0) is 7.98. The van der Waals surface area contributed by atoms with Gasteiger partial charge in [-0.25, -0.2) is 0 Å². The van der Waals surface area contributed by atoms with Crippen LogP contribution in [0.25, 0.3) is 0 Å². The van der Waals surface area contributed by atoms with Gasteiger partial charge in [0.2, 0.25) is 0 Å². The molecule has 0 bridgehead atoms. The first-order chi connectivity index (χ1) is 4.72. The quantitative estimate of drug-likeness (QED) is 0.657. The Morgan fingerprint density at radius 2 is 2.30 bits per heavy atom. The lowest BCUT2D eigenvalue weighted by Gasteiger charge is -1.96. The first kappa shape index (κ1) is 10.2. The minimum Gasteiger partial charge on any atom is -0.254 e. The van der Waals surface area contributed by atoms with Crippen LogP contribution in [-0.2, 0) is 10.8 Å². The molecule has 1 nitrogen and oxygen atoms in total. The first-order valence-electron chi connectivity index (χ1n) is 3.30. The molecule has 0 rings (SSSR count). The van der Waals surface area contributed by atoms with E-state index in [2.05, 4.69) is 13.0 Å². The molecule has 0 radical (unpaired) electrons. The van der Waals surface area contributed by atoms with E-state index in [0.717, 1.165) is 17.1 Å². The van der Waals surface area contributed by atoms with Crippen molar-refractivity contribution in [3.05, 3.63) is 10.3 Å². The molecule has 0 aliphatic rings. The summed E-state index contributed by atoms with van der Waals surface area (Å²) in [6, 6.07) is 0. The van der Waals surface area contributed by atoms with Gasteiger partial charge in [-0.1, -0.05) is 19.4 Å². The molecule has 10 heavy (non-hydrogen) atoms. The number of thioether (sulfide) groups is 1. The molecule has 0 aliphatic carbocycles. The van der Waals surface area contributed by atoms with Crippen molar-refractivity contribution in [3.63, 3.8) is 0 Å². The van der Waals surface area contributed by atoms with Crippen molar-refractivity contribution in [1.29, 1.82) is 0 Å². The van der Waals surface area contributed by atoms with Gasteiger partial charge in [0.25, 0.3) is 0 Å². The molecular formula is C7H14OS2. The maximum Gasteiger partial charge on any atom is 0.0670 e. The average Bonchev–Trinajstić information content (AvgIpc) is 1.89. The second-order valence-electron chi connectivity index (χ2n) is 1.97. The summed E-state index contributed by atoms with van der Waals surface area (Å²) >= 11 is 1.58. The van der Waals surface area contributed by atoms with Crippen molar-refractivity contribution in [1.82, 2.24) is 0 Å². The van der Waals surface area contributed by atoms with Gasteiger partial charge in [-0.2, -0.15) is 0 Å². The first-order valence-corrected chi connectivity index (χ1v) is 6.08. The molecule has 0 saturated heterocycles. The third kappa shape index (κ3) is 4.12. The summed E-state index contributed by atoms with van der Waals surface area (Å²) in [6.45, 7) is 2.12. The topological polar surface area (TPSA) is 17.1 Å². The van der Waals surface area contributed by atoms with E-state index in [-0.39, 0.29) is 0 Å². The highest BCUT2D eigenvalue weighted by Crippen LogP contribution is 2.15. The Bertz CT molecular complexity index is 141. The van der Waals surface area contributed by atoms with Gasteiger partial charge in [0, 0.05) is 6.26 Å². The molecule has 0 spiro atoms. The van der Waals surface area contributed by atoms with Crippen LogP contribution in [0.2, 0.25) is 0 Å². The highest BCUT2D eigenvalue weighted by Gasteiger charge is 1.96. The van der Waals surface area contributed by atoms with Gasteiger partial charge in [-0.15, -0.1) is 11.8 Å². The number of hydrogen-bond donors (Lipinski definition) is 0. The van der Waals surface area contributed by atoms with Crippen LogP contribution >= 0.6 is 11.8 Å². The SMILES string of the molecule is CCC/C=C(\SC)[S@](C)=O. The lowest BCUT2D eigenvalue weighted by atomic mass is 10.3. The van der Waals surface area contributed by atoms with E-state index < -0.39 is 10.8 Å². The highest BCUT2D eigenvalue weighted by molar-refractivity contribution is 8.15. The van der Waals surface area contributed by atoms with Crippen molar-refractivity contribution in [2.24, 2.45) is 0 Å². The molecule has 60 valence electrons. The van der Waals surface area contributed by atoms with E-state index in [1.165, 1.54) is 0 Å². The number of hydrogen-bond acceptors (Lipinski definition) is 2. The summed E-state index contributed by atoms with van der Waals surface area (Å²) in [7, 11) is -0.781. The third-order valence-electron chi connectivity index (χ3n) is 1.08. The molecule has 1 atom stereocenters. The fourth-order valence-corrected chi connectivity index (χ4v) is 2.16. The summed E-state index contributed by atoms with van der Waals surface area (Å²) in [5.41, 5.74) is 0. The second-order valence-corrected chi connectivity index (χ2v) is 4.42. The standard InChI is InChI=1S/C7H14OS2/c1-4-5-6-7(9-2)10(3)8/h6H,4-5H2,1-3H3/b7-6+/t10-/m0/s1. The Labute approximate surface area is 69.7 Å². The average molecular weight is 178 g/mol. The lowest BCUT2D eigenvalue weighted by Crippen LogP contribution is -1.85. The summed E-state index contributed by atoms with van der Waals surface area (Å²) in [5, 5.41) is 0. The van der Waals surface area contributed by atoms with Gasteiger partial charge in [-0.05, 0) is 12.7 Å². The largest absolute Gasteiger partial charge is 0.254 e. The van der Waals surface area contributed by atoms with E-state index in [1.807, 2.05) is 6.26 Å². The minimum absolute atomic E-state index is 0.781. The fraction of sp³-hybridized carbons (Fsp3) is 0.714. The molecule has 0 amide bonds. The molecule has 0 heterocycles. The molecule has 0 fully saturated rings. The van der Waals surface area contributed by atoms with Gasteiger partial charge in [0.15, 0.2) is 0 Å². The van der Waals surface area contributed by atoms with Gasteiger partial charge < -0.3 is 0 Å². The number of rotatable bonds is 4. The Morgan fingerprint density at radius 3 is 2.60 bits per heavy atom. The van der Waals surface area contributed by atoms with E-state index in [9.17, 15) is 4.21 Å². The molecule has 0 aromatic heterocycles. The Balaban J connectivity index is 3.91. The van der Waals surface area contributed by atoms with E-state index >= 15 is 0 Å². The minimum atomic E-state index is -0.781.